The van der Waals surface area contributed by atoms with Crippen LogP contribution in [0.15, 0.2) is 16.9 Å². The number of rotatable bonds is 4. The molecular formula is C8H11N3O4. The Morgan fingerprint density at radius 3 is 2.80 bits per heavy atom. The van der Waals surface area contributed by atoms with Gasteiger partial charge in [0.1, 0.15) is 6.26 Å². The maximum absolute atomic E-state index is 11.1. The van der Waals surface area contributed by atoms with Crippen LogP contribution in [0.2, 0.25) is 0 Å². The van der Waals surface area contributed by atoms with Gasteiger partial charge < -0.3 is 15.3 Å². The van der Waals surface area contributed by atoms with Crippen LogP contribution in [0.5, 0.6) is 0 Å². The van der Waals surface area contributed by atoms with E-state index in [-0.39, 0.29) is 12.4 Å². The lowest BCUT2D eigenvalue weighted by Crippen LogP contribution is -2.43. The van der Waals surface area contributed by atoms with Crippen molar-refractivity contribution in [2.24, 2.45) is 5.73 Å². The van der Waals surface area contributed by atoms with Gasteiger partial charge in [0.25, 0.3) is 0 Å². The summed E-state index contributed by atoms with van der Waals surface area (Å²) >= 11 is 0. The van der Waals surface area contributed by atoms with Crippen molar-refractivity contribution in [3.05, 3.63) is 12.5 Å². The molecule has 1 aromatic rings. The third-order valence-corrected chi connectivity index (χ3v) is 1.77. The van der Waals surface area contributed by atoms with E-state index in [2.05, 4.69) is 4.98 Å². The van der Waals surface area contributed by atoms with Crippen LogP contribution >= 0.6 is 0 Å². The molecule has 1 unspecified atom stereocenters. The van der Waals surface area contributed by atoms with Crippen LogP contribution in [0.25, 0.3) is 0 Å². The van der Waals surface area contributed by atoms with E-state index in [9.17, 15) is 9.59 Å². The number of anilines is 1. The van der Waals surface area contributed by atoms with Crippen molar-refractivity contribution in [2.75, 3.05) is 4.90 Å². The average Bonchev–Trinajstić information content (AvgIpc) is 2.54. The summed E-state index contributed by atoms with van der Waals surface area (Å²) in [6.45, 7) is 1.54. The smallest absolute Gasteiger partial charge is 0.323 e. The Bertz CT molecular complexity index is 349. The van der Waals surface area contributed by atoms with Crippen molar-refractivity contribution in [3.63, 3.8) is 0 Å². The molecule has 2 amide bonds. The number of hydrogen-bond donors (Lipinski definition) is 2. The molecule has 7 heteroatoms. The van der Waals surface area contributed by atoms with Gasteiger partial charge in [-0.3, -0.25) is 4.79 Å². The number of nitrogens with zero attached hydrogens (tertiary/aromatic N) is 2. The Balaban J connectivity index is 2.84. The van der Waals surface area contributed by atoms with Gasteiger partial charge in [0.05, 0.1) is 18.7 Å². The van der Waals surface area contributed by atoms with E-state index in [4.69, 9.17) is 15.3 Å². The van der Waals surface area contributed by atoms with Gasteiger partial charge in [0, 0.05) is 0 Å². The fourth-order valence-electron chi connectivity index (χ4n) is 1.18. The van der Waals surface area contributed by atoms with Gasteiger partial charge in [-0.05, 0) is 6.92 Å². The molecule has 1 rings (SSSR count). The number of urea groups is 1. The van der Waals surface area contributed by atoms with Gasteiger partial charge in [0.15, 0.2) is 0 Å². The standard InChI is InChI=1S/C8H11N3O4/c1-5(4-6(12)13)11(7(9)14)8-10-2-3-15-8/h2-3,5H,4H2,1H3,(H2,9,14)(H,12,13). The molecule has 7 nitrogen and oxygen atoms in total. The second-order valence-electron chi connectivity index (χ2n) is 2.97. The second kappa shape index (κ2) is 4.45. The van der Waals surface area contributed by atoms with E-state index in [0.717, 1.165) is 4.90 Å². The predicted octanol–water partition coefficient (Wildman–Crippen LogP) is 0.423. The number of amides is 2. The van der Waals surface area contributed by atoms with Gasteiger partial charge in [-0.2, -0.15) is 0 Å². The molecule has 3 N–H and O–H groups in total. The number of carboxylic acid groups (broad SMARTS) is 1. The van der Waals surface area contributed by atoms with Crippen molar-refractivity contribution in [1.82, 2.24) is 4.98 Å². The molecule has 0 saturated carbocycles. The summed E-state index contributed by atoms with van der Waals surface area (Å²) < 4.78 is 4.88. The first-order chi connectivity index (χ1) is 7.02. The summed E-state index contributed by atoms with van der Waals surface area (Å²) in [4.78, 5) is 26.3. The first-order valence-electron chi connectivity index (χ1n) is 4.22. The van der Waals surface area contributed by atoms with Crippen LogP contribution in [0.4, 0.5) is 10.8 Å². The number of aromatic nitrogens is 1. The van der Waals surface area contributed by atoms with Gasteiger partial charge in [-0.15, -0.1) is 0 Å². The minimum atomic E-state index is -1.03. The van der Waals surface area contributed by atoms with Crippen LogP contribution in [-0.2, 0) is 4.79 Å². The number of hydrogen-bond acceptors (Lipinski definition) is 4. The highest BCUT2D eigenvalue weighted by molar-refractivity contribution is 5.89. The summed E-state index contributed by atoms with van der Waals surface area (Å²) in [5.41, 5.74) is 5.10. The molecule has 0 spiro atoms. The summed E-state index contributed by atoms with van der Waals surface area (Å²) in [5, 5.41) is 8.58. The molecule has 0 saturated heterocycles. The number of oxazole rings is 1. The topological polar surface area (TPSA) is 110 Å². The number of nitrogens with two attached hydrogens (primary N) is 1. The lowest BCUT2D eigenvalue weighted by Gasteiger charge is -2.22. The van der Waals surface area contributed by atoms with E-state index < -0.39 is 18.0 Å². The van der Waals surface area contributed by atoms with Gasteiger partial charge in [0.2, 0.25) is 0 Å². The molecule has 0 aliphatic carbocycles. The zero-order valence-corrected chi connectivity index (χ0v) is 8.08. The number of aliphatic carboxylic acids is 1. The summed E-state index contributed by atoms with van der Waals surface area (Å²) in [7, 11) is 0. The van der Waals surface area contributed by atoms with Crippen molar-refractivity contribution < 1.29 is 19.1 Å². The third kappa shape index (κ3) is 2.70. The minimum absolute atomic E-state index is 0.00347. The summed E-state index contributed by atoms with van der Waals surface area (Å²) in [6.07, 6.45) is 2.39. The maximum Gasteiger partial charge on any atom is 0.323 e. The van der Waals surface area contributed by atoms with E-state index in [1.165, 1.54) is 12.5 Å². The monoisotopic (exact) mass is 213 g/mol. The molecule has 0 aliphatic rings. The molecule has 0 fully saturated rings. The predicted molar refractivity (Wildman–Crippen MR) is 50.3 cm³/mol. The zero-order chi connectivity index (χ0) is 11.4. The SMILES string of the molecule is CC(CC(=O)O)N(C(N)=O)c1ncco1. The number of carboxylic acids is 1. The minimum Gasteiger partial charge on any atom is -0.481 e. The quantitative estimate of drug-likeness (QED) is 0.753. The Hall–Kier alpha value is -2.05. The molecule has 1 atom stereocenters. The molecule has 0 bridgehead atoms. The van der Waals surface area contributed by atoms with E-state index >= 15 is 0 Å². The van der Waals surface area contributed by atoms with Gasteiger partial charge in [-0.1, -0.05) is 0 Å². The van der Waals surface area contributed by atoms with Crippen molar-refractivity contribution >= 4 is 18.0 Å². The molecule has 0 radical (unpaired) electrons. The van der Waals surface area contributed by atoms with E-state index in [1.807, 2.05) is 0 Å². The number of carbonyl (C=O) groups excluding carboxylic acids is 1. The van der Waals surface area contributed by atoms with Crippen molar-refractivity contribution in [1.29, 1.82) is 0 Å². The summed E-state index contributed by atoms with van der Waals surface area (Å²) in [5.74, 6) is -1.03. The number of carbonyl (C=O) groups is 2. The fraction of sp³-hybridized carbons (Fsp3) is 0.375. The van der Waals surface area contributed by atoms with E-state index in [1.54, 1.807) is 6.92 Å². The Morgan fingerprint density at radius 1 is 1.73 bits per heavy atom. The molecule has 15 heavy (non-hydrogen) atoms. The number of primary amides is 1. The van der Waals surface area contributed by atoms with Crippen molar-refractivity contribution in [3.8, 4) is 0 Å². The van der Waals surface area contributed by atoms with Crippen LogP contribution in [0, 0.1) is 0 Å². The molecule has 1 heterocycles. The highest BCUT2D eigenvalue weighted by Gasteiger charge is 2.25. The van der Waals surface area contributed by atoms with Crippen molar-refractivity contribution in [2.45, 2.75) is 19.4 Å². The average molecular weight is 213 g/mol. The van der Waals surface area contributed by atoms with Crippen LogP contribution < -0.4 is 10.6 Å². The van der Waals surface area contributed by atoms with Gasteiger partial charge >= 0.3 is 18.0 Å². The normalized spacial score (nSPS) is 12.1. The second-order valence-corrected chi connectivity index (χ2v) is 2.97. The van der Waals surface area contributed by atoms with Crippen LogP contribution in [0.1, 0.15) is 13.3 Å². The first-order valence-corrected chi connectivity index (χ1v) is 4.22. The fourth-order valence-corrected chi connectivity index (χ4v) is 1.18. The molecular weight excluding hydrogens is 202 g/mol. The maximum atomic E-state index is 11.1. The molecule has 0 aromatic carbocycles. The highest BCUT2D eigenvalue weighted by atomic mass is 16.4. The third-order valence-electron chi connectivity index (χ3n) is 1.77. The molecule has 82 valence electrons. The Morgan fingerprint density at radius 2 is 2.40 bits per heavy atom. The summed E-state index contributed by atoms with van der Waals surface area (Å²) in [6, 6.07) is -1.42. The van der Waals surface area contributed by atoms with Gasteiger partial charge in [-0.25, -0.2) is 14.7 Å². The highest BCUT2D eigenvalue weighted by Crippen LogP contribution is 2.15. The lowest BCUT2D eigenvalue weighted by atomic mass is 10.2. The first kappa shape index (κ1) is 11.0. The zero-order valence-electron chi connectivity index (χ0n) is 8.08. The molecule has 0 aliphatic heterocycles. The van der Waals surface area contributed by atoms with Crippen LogP contribution in [0.3, 0.4) is 0 Å². The van der Waals surface area contributed by atoms with E-state index in [0.29, 0.717) is 0 Å². The Labute approximate surface area is 85.5 Å². The lowest BCUT2D eigenvalue weighted by molar-refractivity contribution is -0.137. The van der Waals surface area contributed by atoms with Crippen LogP contribution in [-0.4, -0.2) is 28.1 Å². The molecule has 1 aromatic heterocycles. The Kier molecular flexibility index (Phi) is 3.27. The largest absolute Gasteiger partial charge is 0.481 e.